The molecule has 8 heteroatoms. The fourth-order valence-electron chi connectivity index (χ4n) is 7.98. The van der Waals surface area contributed by atoms with Gasteiger partial charge in [0.2, 0.25) is 5.78 Å². The molecular weight excluding hydrogens is 479 g/mol. The van der Waals surface area contributed by atoms with Gasteiger partial charge in [-0.3, -0.25) is 9.59 Å². The van der Waals surface area contributed by atoms with E-state index in [1.807, 2.05) is 26.0 Å². The number of carbonyl (C=O) groups is 3. The van der Waals surface area contributed by atoms with E-state index in [1.54, 1.807) is 19.9 Å². The lowest BCUT2D eigenvalue weighted by atomic mass is 9.44. The van der Waals surface area contributed by atoms with Crippen molar-refractivity contribution in [2.24, 2.45) is 28.6 Å². The molecule has 4 aliphatic rings. The van der Waals surface area contributed by atoms with Crippen molar-refractivity contribution in [3.8, 4) is 0 Å². The van der Waals surface area contributed by atoms with Crippen LogP contribution in [0.5, 0.6) is 0 Å². The first-order chi connectivity index (χ1) is 17.3. The first-order valence-electron chi connectivity index (χ1n) is 13.3. The number of carbonyl (C=O) groups excluding carboxylic acids is 3. The van der Waals surface area contributed by atoms with E-state index >= 15 is 4.39 Å². The Hall–Kier alpha value is -2.32. The molecule has 0 aromatic carbocycles. The minimum absolute atomic E-state index is 0.106. The van der Waals surface area contributed by atoms with Crippen molar-refractivity contribution in [1.29, 1.82) is 0 Å². The molecule has 4 rings (SSSR count). The van der Waals surface area contributed by atoms with Crippen molar-refractivity contribution in [2.45, 2.75) is 83.6 Å². The van der Waals surface area contributed by atoms with Crippen molar-refractivity contribution in [1.82, 2.24) is 0 Å². The van der Waals surface area contributed by atoms with Crippen molar-refractivity contribution in [3.05, 3.63) is 36.0 Å². The number of alkyl halides is 1. The van der Waals surface area contributed by atoms with Crippen LogP contribution in [-0.4, -0.2) is 58.5 Å². The molecule has 37 heavy (non-hydrogen) atoms. The second kappa shape index (κ2) is 9.45. The van der Waals surface area contributed by atoms with Crippen LogP contribution in [0, 0.1) is 28.6 Å². The Kier molecular flexibility index (Phi) is 7.08. The number of allylic oxidation sites excluding steroid dienone is 5. The molecule has 0 aromatic rings. The van der Waals surface area contributed by atoms with E-state index in [0.29, 0.717) is 25.7 Å². The number of aliphatic hydroxyl groups is 2. The molecule has 3 saturated carbocycles. The number of hydrogen-bond acceptors (Lipinski definition) is 7. The zero-order valence-electron chi connectivity index (χ0n) is 22.2. The monoisotopic (exact) mass is 518 g/mol. The number of Topliss-reactive ketones (excluding diaryl/α,β-unsaturated/α-hetero) is 2. The van der Waals surface area contributed by atoms with Crippen LogP contribution in [-0.2, 0) is 19.1 Å². The maximum atomic E-state index is 17.3. The molecule has 3 fully saturated rings. The highest BCUT2D eigenvalue weighted by atomic mass is 19.1. The van der Waals surface area contributed by atoms with E-state index in [9.17, 15) is 24.6 Å². The van der Waals surface area contributed by atoms with Gasteiger partial charge in [0.25, 0.3) is 0 Å². The van der Waals surface area contributed by atoms with Crippen molar-refractivity contribution >= 4 is 17.7 Å². The third-order valence-corrected chi connectivity index (χ3v) is 9.94. The van der Waals surface area contributed by atoms with E-state index in [1.165, 1.54) is 0 Å². The normalized spacial score (nSPS) is 42.2. The van der Waals surface area contributed by atoms with Crippen LogP contribution in [0.3, 0.4) is 0 Å². The van der Waals surface area contributed by atoms with E-state index in [0.717, 1.165) is 11.1 Å². The van der Waals surface area contributed by atoms with E-state index in [4.69, 9.17) is 9.47 Å². The van der Waals surface area contributed by atoms with E-state index in [-0.39, 0.29) is 24.5 Å². The Bertz CT molecular complexity index is 1060. The molecule has 0 heterocycles. The van der Waals surface area contributed by atoms with Gasteiger partial charge in [0, 0.05) is 23.2 Å². The minimum atomic E-state index is -1.96. The third-order valence-electron chi connectivity index (χ3n) is 9.94. The molecule has 7 nitrogen and oxygen atoms in total. The summed E-state index contributed by atoms with van der Waals surface area (Å²) in [6.45, 7) is 9.94. The summed E-state index contributed by atoms with van der Waals surface area (Å²) in [5.74, 6) is -2.44. The molecule has 0 spiro atoms. The molecule has 2 N–H and O–H groups in total. The van der Waals surface area contributed by atoms with Crippen LogP contribution in [0.4, 0.5) is 9.18 Å². The van der Waals surface area contributed by atoms with Crippen molar-refractivity contribution in [3.63, 3.8) is 0 Å². The van der Waals surface area contributed by atoms with Gasteiger partial charge in [0.15, 0.2) is 24.7 Å². The summed E-state index contributed by atoms with van der Waals surface area (Å²) in [5, 5.41) is 23.3. The molecule has 204 valence electrons. The smallest absolute Gasteiger partial charge is 0.426 e. The zero-order chi connectivity index (χ0) is 27.4. The van der Waals surface area contributed by atoms with Crippen LogP contribution in [0.2, 0.25) is 0 Å². The Morgan fingerprint density at radius 2 is 1.86 bits per heavy atom. The molecule has 0 aliphatic heterocycles. The second-order valence-corrected chi connectivity index (χ2v) is 11.9. The highest BCUT2D eigenvalue weighted by molar-refractivity contribution is 5.91. The summed E-state index contributed by atoms with van der Waals surface area (Å²) in [6, 6.07) is 0. The van der Waals surface area contributed by atoms with Gasteiger partial charge < -0.3 is 19.7 Å². The Morgan fingerprint density at radius 1 is 1.19 bits per heavy atom. The summed E-state index contributed by atoms with van der Waals surface area (Å²) < 4.78 is 27.0. The maximum absolute atomic E-state index is 17.3. The van der Waals surface area contributed by atoms with Gasteiger partial charge in [-0.1, -0.05) is 51.2 Å². The van der Waals surface area contributed by atoms with Gasteiger partial charge in [-0.2, -0.15) is 0 Å². The number of rotatable bonds is 7. The highest BCUT2D eigenvalue weighted by Gasteiger charge is 2.75. The number of ketones is 2. The predicted molar refractivity (Wildman–Crippen MR) is 134 cm³/mol. The molecule has 0 radical (unpaired) electrons. The molecule has 0 amide bonds. The van der Waals surface area contributed by atoms with Gasteiger partial charge in [0.1, 0.15) is 5.60 Å². The summed E-state index contributed by atoms with van der Waals surface area (Å²) >= 11 is 0. The van der Waals surface area contributed by atoms with Crippen molar-refractivity contribution in [2.75, 3.05) is 13.2 Å². The first kappa shape index (κ1) is 27.7. The molecule has 0 unspecified atom stereocenters. The maximum Gasteiger partial charge on any atom is 0.509 e. The molecule has 0 aromatic heterocycles. The Labute approximate surface area is 217 Å². The Morgan fingerprint density at radius 3 is 2.54 bits per heavy atom. The summed E-state index contributed by atoms with van der Waals surface area (Å²) in [7, 11) is 0. The topological polar surface area (TPSA) is 110 Å². The standard InChI is InChI=1S/C29H39FO7/c1-6-7-20(31)15-36-25(34)37-16-24(33)29(35)18(3)13-22-21-9-8-19-12-17(2)10-11-26(19,4)28(21,30)23(32)14-27(22,29)5/h10-12,18,21-23,32,35H,2,6-9,13-16H2,1,3-5H3/t18-,21+,22+,23+,26+,27+,28+,29+/m1/s1. The lowest BCUT2D eigenvalue weighted by molar-refractivity contribution is -0.219. The Balaban J connectivity index is 1.55. The van der Waals surface area contributed by atoms with Gasteiger partial charge in [0.05, 0.1) is 6.10 Å². The van der Waals surface area contributed by atoms with E-state index < -0.39 is 65.2 Å². The number of aliphatic hydroxyl groups excluding tert-OH is 1. The third kappa shape index (κ3) is 3.94. The predicted octanol–water partition coefficient (Wildman–Crippen LogP) is 4.41. The minimum Gasteiger partial charge on any atom is -0.426 e. The fraction of sp³-hybridized carbons (Fsp3) is 0.690. The summed E-state index contributed by atoms with van der Waals surface area (Å²) in [5.41, 5.74) is -4.30. The number of halogens is 1. The van der Waals surface area contributed by atoms with Crippen LogP contribution < -0.4 is 0 Å². The molecule has 8 atom stereocenters. The van der Waals surface area contributed by atoms with Crippen LogP contribution >= 0.6 is 0 Å². The SMILES string of the molecule is C=C1C=C[C@@]2(C)C(=C1)CC[C@H]1[C@@H]3C[C@@H](C)[C@](O)(C(=O)COC(=O)OCC(=O)CCC)[C@@]3(C)C[C@H](O)[C@@]12F. The van der Waals surface area contributed by atoms with Gasteiger partial charge in [-0.15, -0.1) is 0 Å². The number of fused-ring (bicyclic) bond motifs is 5. The first-order valence-corrected chi connectivity index (χ1v) is 13.3. The molecule has 0 saturated heterocycles. The second-order valence-electron chi connectivity index (χ2n) is 11.9. The quantitative estimate of drug-likeness (QED) is 0.480. The molecular formula is C29H39FO7. The lowest BCUT2D eigenvalue weighted by Gasteiger charge is -2.62. The highest BCUT2D eigenvalue weighted by Crippen LogP contribution is 2.70. The van der Waals surface area contributed by atoms with Gasteiger partial charge >= 0.3 is 6.16 Å². The van der Waals surface area contributed by atoms with Gasteiger partial charge in [-0.25, -0.2) is 9.18 Å². The average Bonchev–Trinajstić information content (AvgIpc) is 3.04. The zero-order valence-corrected chi connectivity index (χ0v) is 22.2. The average molecular weight is 519 g/mol. The van der Waals surface area contributed by atoms with E-state index in [2.05, 4.69) is 6.58 Å². The van der Waals surface area contributed by atoms with Crippen molar-refractivity contribution < 1.29 is 38.5 Å². The summed E-state index contributed by atoms with van der Waals surface area (Å²) in [6.07, 6.45) is 5.24. The number of ether oxygens (including phenoxy) is 2. The molecule has 4 aliphatic carbocycles. The molecule has 0 bridgehead atoms. The van der Waals surface area contributed by atoms with Crippen LogP contribution in [0.25, 0.3) is 0 Å². The summed E-state index contributed by atoms with van der Waals surface area (Å²) in [4.78, 5) is 36.9. The van der Waals surface area contributed by atoms with Crippen LogP contribution in [0.1, 0.15) is 66.2 Å². The fourth-order valence-corrected chi connectivity index (χ4v) is 7.98. The lowest BCUT2D eigenvalue weighted by Crippen LogP contribution is -2.69. The van der Waals surface area contributed by atoms with Gasteiger partial charge in [-0.05, 0) is 56.4 Å². The van der Waals surface area contributed by atoms with Crippen LogP contribution in [0.15, 0.2) is 36.0 Å². The number of hydrogen-bond donors (Lipinski definition) is 2. The largest absolute Gasteiger partial charge is 0.509 e.